The predicted molar refractivity (Wildman–Crippen MR) is 116 cm³/mol. The van der Waals surface area contributed by atoms with Crippen molar-refractivity contribution in [3.05, 3.63) is 70.5 Å². The Morgan fingerprint density at radius 3 is 2.48 bits per heavy atom. The standard InChI is InChI=1S/C25H24FN3O4/c26-18-7-4-15(5-8-18)22(14-2-1-3-14)28-23(31)16-6-9-19-17(12-16)13-29(25(19)33)20-10-11-21(30)27-24(20)32/h4-9,12,14,20,22H,1-3,10-11,13H2,(H,28,31)(H,27,30,32)/t20-,22-/m0/s1. The first kappa shape index (κ1) is 21.3. The van der Waals surface area contributed by atoms with Crippen molar-refractivity contribution >= 4 is 23.6 Å². The maximum Gasteiger partial charge on any atom is 0.255 e. The second-order valence-corrected chi connectivity index (χ2v) is 8.97. The van der Waals surface area contributed by atoms with Crippen molar-refractivity contribution in [2.75, 3.05) is 0 Å². The molecule has 2 N–H and O–H groups in total. The lowest BCUT2D eigenvalue weighted by Crippen LogP contribution is -2.52. The molecule has 4 amide bonds. The van der Waals surface area contributed by atoms with Crippen LogP contribution in [0.3, 0.4) is 0 Å². The Labute approximate surface area is 190 Å². The summed E-state index contributed by atoms with van der Waals surface area (Å²) in [4.78, 5) is 51.1. The van der Waals surface area contributed by atoms with Crippen molar-refractivity contribution in [1.82, 2.24) is 15.5 Å². The van der Waals surface area contributed by atoms with Gasteiger partial charge in [-0.3, -0.25) is 24.5 Å². The molecule has 2 aromatic rings. The molecule has 0 unspecified atom stereocenters. The van der Waals surface area contributed by atoms with Gasteiger partial charge in [0.05, 0.1) is 6.04 Å². The Bertz CT molecular complexity index is 1140. The van der Waals surface area contributed by atoms with Crippen LogP contribution >= 0.6 is 0 Å². The number of hydrogen-bond donors (Lipinski definition) is 2. The number of amides is 4. The number of benzene rings is 2. The van der Waals surface area contributed by atoms with E-state index in [0.29, 0.717) is 29.0 Å². The highest BCUT2D eigenvalue weighted by Gasteiger charge is 2.39. The Morgan fingerprint density at radius 2 is 1.82 bits per heavy atom. The zero-order valence-corrected chi connectivity index (χ0v) is 18.0. The van der Waals surface area contributed by atoms with Crippen LogP contribution in [0.1, 0.15) is 70.0 Å². The molecule has 0 aromatic heterocycles. The monoisotopic (exact) mass is 449 g/mol. The smallest absolute Gasteiger partial charge is 0.255 e. The first-order chi connectivity index (χ1) is 15.9. The summed E-state index contributed by atoms with van der Waals surface area (Å²) in [7, 11) is 0. The number of nitrogens with zero attached hydrogens (tertiary/aromatic N) is 1. The number of rotatable bonds is 5. The fraction of sp³-hybridized carbons (Fsp3) is 0.360. The molecule has 1 saturated carbocycles. The van der Waals surface area contributed by atoms with Gasteiger partial charge in [-0.05, 0) is 66.6 Å². The van der Waals surface area contributed by atoms with E-state index in [4.69, 9.17) is 0 Å². The summed E-state index contributed by atoms with van der Waals surface area (Å²) in [6, 6.07) is 10.2. The molecule has 0 bridgehead atoms. The quantitative estimate of drug-likeness (QED) is 0.687. The van der Waals surface area contributed by atoms with Crippen LogP contribution in [-0.4, -0.2) is 34.6 Å². The molecule has 2 fully saturated rings. The lowest BCUT2D eigenvalue weighted by atomic mass is 9.77. The van der Waals surface area contributed by atoms with Crippen LogP contribution in [0.2, 0.25) is 0 Å². The molecule has 2 atom stereocenters. The first-order valence-electron chi connectivity index (χ1n) is 11.2. The van der Waals surface area contributed by atoms with Crippen LogP contribution in [0.25, 0.3) is 0 Å². The molecule has 1 aliphatic carbocycles. The molecule has 2 aromatic carbocycles. The molecular formula is C25H24FN3O4. The third-order valence-corrected chi connectivity index (χ3v) is 6.92. The number of carbonyl (C=O) groups is 4. The summed E-state index contributed by atoms with van der Waals surface area (Å²) in [5.41, 5.74) is 2.44. The number of imide groups is 1. The minimum Gasteiger partial charge on any atom is -0.345 e. The van der Waals surface area contributed by atoms with Crippen LogP contribution in [0.5, 0.6) is 0 Å². The van der Waals surface area contributed by atoms with Gasteiger partial charge in [-0.2, -0.15) is 0 Å². The Balaban J connectivity index is 1.34. The zero-order chi connectivity index (χ0) is 23.1. The van der Waals surface area contributed by atoms with Crippen molar-refractivity contribution in [1.29, 1.82) is 0 Å². The lowest BCUT2D eigenvalue weighted by Gasteiger charge is -2.34. The van der Waals surface area contributed by atoms with Crippen LogP contribution in [0, 0.1) is 11.7 Å². The molecule has 2 aliphatic heterocycles. The van der Waals surface area contributed by atoms with E-state index in [9.17, 15) is 23.6 Å². The van der Waals surface area contributed by atoms with Gasteiger partial charge in [0, 0.05) is 24.1 Å². The van der Waals surface area contributed by atoms with E-state index >= 15 is 0 Å². The average Bonchev–Trinajstić information content (AvgIpc) is 3.08. The molecule has 1 saturated heterocycles. The molecule has 0 radical (unpaired) electrons. The van der Waals surface area contributed by atoms with Gasteiger partial charge in [-0.15, -0.1) is 0 Å². The van der Waals surface area contributed by atoms with Crippen molar-refractivity contribution < 1.29 is 23.6 Å². The fourth-order valence-corrected chi connectivity index (χ4v) is 4.86. The van der Waals surface area contributed by atoms with Crippen LogP contribution in [-0.2, 0) is 16.1 Å². The fourth-order valence-electron chi connectivity index (χ4n) is 4.86. The van der Waals surface area contributed by atoms with Gasteiger partial charge in [0.1, 0.15) is 11.9 Å². The summed E-state index contributed by atoms with van der Waals surface area (Å²) >= 11 is 0. The topological polar surface area (TPSA) is 95.6 Å². The number of hydrogen-bond acceptors (Lipinski definition) is 4. The summed E-state index contributed by atoms with van der Waals surface area (Å²) in [5, 5.41) is 5.38. The van der Waals surface area contributed by atoms with Gasteiger partial charge in [0.15, 0.2) is 0 Å². The second kappa shape index (κ2) is 8.42. The van der Waals surface area contributed by atoms with E-state index in [2.05, 4.69) is 10.6 Å². The summed E-state index contributed by atoms with van der Waals surface area (Å²) in [5.74, 6) is -1.34. The van der Waals surface area contributed by atoms with E-state index in [1.165, 1.54) is 17.0 Å². The zero-order valence-electron chi connectivity index (χ0n) is 18.0. The minimum atomic E-state index is -0.693. The van der Waals surface area contributed by atoms with E-state index in [0.717, 1.165) is 24.8 Å². The van der Waals surface area contributed by atoms with Crippen LogP contribution in [0.15, 0.2) is 42.5 Å². The first-order valence-corrected chi connectivity index (χ1v) is 11.2. The van der Waals surface area contributed by atoms with E-state index in [1.54, 1.807) is 30.3 Å². The number of nitrogens with one attached hydrogen (secondary N) is 2. The van der Waals surface area contributed by atoms with E-state index < -0.39 is 11.9 Å². The van der Waals surface area contributed by atoms with Crippen LogP contribution in [0.4, 0.5) is 4.39 Å². The normalized spacial score (nSPS) is 21.3. The SMILES string of the molecule is O=C1CC[C@H](N2Cc3cc(C(=O)N[C@H](c4ccc(F)cc4)C4CCC4)ccc3C2=O)C(=O)N1. The second-order valence-electron chi connectivity index (χ2n) is 8.97. The third-order valence-electron chi connectivity index (χ3n) is 6.92. The molecule has 7 nitrogen and oxygen atoms in total. The Morgan fingerprint density at radius 1 is 1.06 bits per heavy atom. The summed E-state index contributed by atoms with van der Waals surface area (Å²) < 4.78 is 13.4. The third kappa shape index (κ3) is 4.01. The number of fused-ring (bicyclic) bond motifs is 1. The number of carbonyl (C=O) groups excluding carboxylic acids is 4. The molecule has 5 rings (SSSR count). The molecular weight excluding hydrogens is 425 g/mol. The predicted octanol–water partition coefficient (Wildman–Crippen LogP) is 2.86. The maximum atomic E-state index is 13.4. The minimum absolute atomic E-state index is 0.191. The van der Waals surface area contributed by atoms with Gasteiger partial charge >= 0.3 is 0 Å². The van der Waals surface area contributed by atoms with Crippen molar-refractivity contribution in [3.63, 3.8) is 0 Å². The molecule has 170 valence electrons. The van der Waals surface area contributed by atoms with Gasteiger partial charge < -0.3 is 10.2 Å². The van der Waals surface area contributed by atoms with Gasteiger partial charge in [0.2, 0.25) is 11.8 Å². The van der Waals surface area contributed by atoms with Gasteiger partial charge in [0.25, 0.3) is 11.8 Å². The van der Waals surface area contributed by atoms with Crippen LogP contribution < -0.4 is 10.6 Å². The maximum absolute atomic E-state index is 13.4. The molecule has 33 heavy (non-hydrogen) atoms. The lowest BCUT2D eigenvalue weighted by molar-refractivity contribution is -0.136. The molecule has 0 spiro atoms. The Hall–Kier alpha value is -3.55. The summed E-state index contributed by atoms with van der Waals surface area (Å²) in [6.07, 6.45) is 3.59. The average molecular weight is 449 g/mol. The number of piperidine rings is 1. The largest absolute Gasteiger partial charge is 0.345 e. The number of halogens is 1. The van der Waals surface area contributed by atoms with E-state index in [-0.39, 0.29) is 42.5 Å². The van der Waals surface area contributed by atoms with Crippen molar-refractivity contribution in [2.45, 2.75) is 50.7 Å². The highest BCUT2D eigenvalue weighted by atomic mass is 19.1. The highest BCUT2D eigenvalue weighted by Crippen LogP contribution is 2.38. The van der Waals surface area contributed by atoms with E-state index in [1.807, 2.05) is 0 Å². The van der Waals surface area contributed by atoms with Gasteiger partial charge in [-0.1, -0.05) is 18.6 Å². The molecule has 8 heteroatoms. The van der Waals surface area contributed by atoms with Crippen molar-refractivity contribution in [2.24, 2.45) is 5.92 Å². The highest BCUT2D eigenvalue weighted by molar-refractivity contribution is 6.06. The summed E-state index contributed by atoms with van der Waals surface area (Å²) in [6.45, 7) is 0.214. The molecule has 2 heterocycles. The van der Waals surface area contributed by atoms with Crippen molar-refractivity contribution in [3.8, 4) is 0 Å². The van der Waals surface area contributed by atoms with Gasteiger partial charge in [-0.25, -0.2) is 4.39 Å². The Kier molecular flexibility index (Phi) is 5.44. The molecule has 3 aliphatic rings.